The smallest absolute Gasteiger partial charge is 0.267 e. The number of methoxy groups -OCH3 is 2. The first-order valence-electron chi connectivity index (χ1n) is 5.51. The second-order valence-electron chi connectivity index (χ2n) is 3.82. The maximum Gasteiger partial charge on any atom is 0.267 e. The van der Waals surface area contributed by atoms with Gasteiger partial charge in [0.1, 0.15) is 22.2 Å². The Labute approximate surface area is 115 Å². The molecule has 2 rings (SSSR count). The van der Waals surface area contributed by atoms with Crippen LogP contribution >= 0.6 is 0 Å². The number of ether oxygens (including phenoxy) is 2. The lowest BCUT2D eigenvalue weighted by atomic mass is 10.3. The van der Waals surface area contributed by atoms with Crippen LogP contribution in [0.5, 0.6) is 11.5 Å². The molecule has 0 amide bonds. The number of anilines is 2. The van der Waals surface area contributed by atoms with Gasteiger partial charge in [-0.05, 0) is 12.1 Å². The van der Waals surface area contributed by atoms with E-state index in [2.05, 4.69) is 14.9 Å². The summed E-state index contributed by atoms with van der Waals surface area (Å²) in [6.45, 7) is 0. The van der Waals surface area contributed by atoms with Crippen LogP contribution in [-0.4, -0.2) is 32.8 Å². The van der Waals surface area contributed by atoms with E-state index in [4.69, 9.17) is 15.2 Å². The van der Waals surface area contributed by atoms with Crippen molar-refractivity contribution in [3.63, 3.8) is 0 Å². The number of rotatable bonds is 5. The summed E-state index contributed by atoms with van der Waals surface area (Å²) in [7, 11) is -0.946. The molecule has 0 spiro atoms. The minimum atomic E-state index is -3.86. The molecule has 0 aliphatic rings. The molecular weight excluding hydrogens is 284 g/mol. The van der Waals surface area contributed by atoms with Crippen molar-refractivity contribution in [2.24, 2.45) is 0 Å². The maximum absolute atomic E-state index is 12.2. The van der Waals surface area contributed by atoms with Crippen molar-refractivity contribution < 1.29 is 17.9 Å². The van der Waals surface area contributed by atoms with Gasteiger partial charge in [-0.25, -0.2) is 8.42 Å². The second kappa shape index (κ2) is 5.29. The van der Waals surface area contributed by atoms with Crippen molar-refractivity contribution in [2.75, 3.05) is 24.7 Å². The number of nitrogens with zero attached hydrogens (tertiary/aromatic N) is 1. The third-order valence-corrected chi connectivity index (χ3v) is 3.97. The SMILES string of the molecule is COc1ccc(OC)c(NS(=O)(=O)c2cn[nH]c2N)c1. The lowest BCUT2D eigenvalue weighted by Crippen LogP contribution is -2.14. The number of aromatic amines is 1. The molecule has 1 aromatic heterocycles. The normalized spacial score (nSPS) is 11.1. The number of nitrogen functional groups attached to an aromatic ring is 1. The van der Waals surface area contributed by atoms with Crippen LogP contribution < -0.4 is 19.9 Å². The number of H-pyrrole nitrogens is 1. The molecule has 2 aromatic rings. The standard InChI is InChI=1S/C11H14N4O4S/c1-18-7-3-4-9(19-2)8(5-7)15-20(16,17)10-6-13-14-11(10)12/h3-6,15H,1-2H3,(H3,12,13,14). The second-order valence-corrected chi connectivity index (χ2v) is 5.47. The molecule has 4 N–H and O–H groups in total. The average molecular weight is 298 g/mol. The predicted octanol–water partition coefficient (Wildman–Crippen LogP) is 0.810. The molecule has 0 atom stereocenters. The van der Waals surface area contributed by atoms with Gasteiger partial charge in [0.25, 0.3) is 10.0 Å². The van der Waals surface area contributed by atoms with E-state index in [1.807, 2.05) is 0 Å². The minimum Gasteiger partial charge on any atom is -0.497 e. The fourth-order valence-electron chi connectivity index (χ4n) is 1.59. The first-order chi connectivity index (χ1) is 9.47. The van der Waals surface area contributed by atoms with E-state index in [9.17, 15) is 8.42 Å². The number of nitrogens with one attached hydrogen (secondary N) is 2. The lowest BCUT2D eigenvalue weighted by molar-refractivity contribution is 0.405. The van der Waals surface area contributed by atoms with Gasteiger partial charge in [0.15, 0.2) is 0 Å². The summed E-state index contributed by atoms with van der Waals surface area (Å²) in [4.78, 5) is -0.137. The zero-order valence-corrected chi connectivity index (χ0v) is 11.7. The number of nitrogens with two attached hydrogens (primary N) is 1. The monoisotopic (exact) mass is 298 g/mol. The van der Waals surface area contributed by atoms with Crippen LogP contribution in [0.1, 0.15) is 0 Å². The van der Waals surface area contributed by atoms with Crippen LogP contribution in [0.15, 0.2) is 29.3 Å². The van der Waals surface area contributed by atoms with Crippen molar-refractivity contribution in [3.05, 3.63) is 24.4 Å². The van der Waals surface area contributed by atoms with Crippen LogP contribution in [0, 0.1) is 0 Å². The Bertz CT molecular complexity index is 711. The fourth-order valence-corrected chi connectivity index (χ4v) is 2.68. The molecule has 9 heteroatoms. The van der Waals surface area contributed by atoms with E-state index in [-0.39, 0.29) is 16.4 Å². The van der Waals surface area contributed by atoms with Crippen molar-refractivity contribution in [3.8, 4) is 11.5 Å². The van der Waals surface area contributed by atoms with Gasteiger partial charge in [0.05, 0.1) is 26.1 Å². The van der Waals surface area contributed by atoms with Crippen molar-refractivity contribution >= 4 is 21.5 Å². The molecule has 8 nitrogen and oxygen atoms in total. The Morgan fingerprint density at radius 1 is 1.30 bits per heavy atom. The van der Waals surface area contributed by atoms with Crippen LogP contribution in [-0.2, 0) is 10.0 Å². The van der Waals surface area contributed by atoms with Crippen LogP contribution in [0.2, 0.25) is 0 Å². The van der Waals surface area contributed by atoms with E-state index in [1.54, 1.807) is 12.1 Å². The number of benzene rings is 1. The van der Waals surface area contributed by atoms with Crippen LogP contribution in [0.25, 0.3) is 0 Å². The molecule has 0 radical (unpaired) electrons. The maximum atomic E-state index is 12.2. The Kier molecular flexibility index (Phi) is 3.70. The van der Waals surface area contributed by atoms with Gasteiger partial charge in [-0.2, -0.15) is 5.10 Å². The van der Waals surface area contributed by atoms with Gasteiger partial charge < -0.3 is 15.2 Å². The minimum absolute atomic E-state index is 0.0423. The van der Waals surface area contributed by atoms with Gasteiger partial charge >= 0.3 is 0 Å². The van der Waals surface area contributed by atoms with Gasteiger partial charge in [-0.3, -0.25) is 9.82 Å². The molecule has 0 saturated heterocycles. The first kappa shape index (κ1) is 14.0. The molecule has 0 fully saturated rings. The average Bonchev–Trinajstić information content (AvgIpc) is 2.85. The summed E-state index contributed by atoms with van der Waals surface area (Å²) < 4.78 is 36.9. The third-order valence-electron chi connectivity index (χ3n) is 2.57. The molecule has 1 aromatic carbocycles. The zero-order valence-electron chi connectivity index (χ0n) is 10.9. The lowest BCUT2D eigenvalue weighted by Gasteiger charge is -2.12. The summed E-state index contributed by atoms with van der Waals surface area (Å²) in [5.41, 5.74) is 5.76. The summed E-state index contributed by atoms with van der Waals surface area (Å²) in [5.74, 6) is 0.805. The molecule has 0 saturated carbocycles. The molecule has 0 bridgehead atoms. The van der Waals surface area contributed by atoms with E-state index < -0.39 is 10.0 Å². The molecule has 0 aliphatic heterocycles. The van der Waals surface area contributed by atoms with Crippen molar-refractivity contribution in [1.82, 2.24) is 10.2 Å². The van der Waals surface area contributed by atoms with Crippen molar-refractivity contribution in [1.29, 1.82) is 0 Å². The van der Waals surface area contributed by atoms with Gasteiger partial charge in [0, 0.05) is 6.07 Å². The highest BCUT2D eigenvalue weighted by Crippen LogP contribution is 2.31. The number of sulfonamides is 1. The highest BCUT2D eigenvalue weighted by atomic mass is 32.2. The quantitative estimate of drug-likeness (QED) is 0.751. The predicted molar refractivity (Wildman–Crippen MR) is 73.4 cm³/mol. The number of hydrogen-bond acceptors (Lipinski definition) is 6. The summed E-state index contributed by atoms with van der Waals surface area (Å²) in [5, 5.41) is 5.95. The molecule has 20 heavy (non-hydrogen) atoms. The molecule has 1 heterocycles. The molecule has 108 valence electrons. The Morgan fingerprint density at radius 2 is 2.05 bits per heavy atom. The number of hydrogen-bond donors (Lipinski definition) is 3. The first-order valence-corrected chi connectivity index (χ1v) is 7.00. The number of aromatic nitrogens is 2. The topological polar surface area (TPSA) is 119 Å². The third kappa shape index (κ3) is 2.62. The van der Waals surface area contributed by atoms with Gasteiger partial charge in [-0.15, -0.1) is 0 Å². The van der Waals surface area contributed by atoms with E-state index in [0.29, 0.717) is 11.5 Å². The van der Waals surface area contributed by atoms with E-state index >= 15 is 0 Å². The van der Waals surface area contributed by atoms with Gasteiger partial charge in [0.2, 0.25) is 0 Å². The largest absolute Gasteiger partial charge is 0.497 e. The van der Waals surface area contributed by atoms with Crippen LogP contribution in [0.3, 0.4) is 0 Å². The van der Waals surface area contributed by atoms with E-state index in [1.165, 1.54) is 20.3 Å². The Morgan fingerprint density at radius 3 is 2.60 bits per heavy atom. The van der Waals surface area contributed by atoms with Crippen LogP contribution in [0.4, 0.5) is 11.5 Å². The summed E-state index contributed by atoms with van der Waals surface area (Å²) in [6, 6.07) is 4.75. The van der Waals surface area contributed by atoms with E-state index in [0.717, 1.165) is 6.20 Å². The zero-order chi connectivity index (χ0) is 14.8. The fraction of sp³-hybridized carbons (Fsp3) is 0.182. The highest BCUT2D eigenvalue weighted by molar-refractivity contribution is 7.92. The Hall–Kier alpha value is -2.42. The molecule has 0 aliphatic carbocycles. The van der Waals surface area contributed by atoms with Crippen molar-refractivity contribution in [2.45, 2.75) is 4.90 Å². The van der Waals surface area contributed by atoms with Gasteiger partial charge in [-0.1, -0.05) is 0 Å². The molecule has 0 unspecified atom stereocenters. The molecular formula is C11H14N4O4S. The highest BCUT2D eigenvalue weighted by Gasteiger charge is 2.21. The summed E-state index contributed by atoms with van der Waals surface area (Å²) >= 11 is 0. The Balaban J connectivity index is 2.41. The summed E-state index contributed by atoms with van der Waals surface area (Å²) in [6.07, 6.45) is 1.13.